The Morgan fingerprint density at radius 1 is 1.14 bits per heavy atom. The first-order valence-electron chi connectivity index (χ1n) is 6.75. The number of halogens is 3. The SMILES string of the molecule is CC(C)(NS(=O)(=O)C1(C)CC1)c1ccc(OC(F)(F)F)cc1. The van der Waals surface area contributed by atoms with Crippen LogP contribution >= 0.6 is 0 Å². The van der Waals surface area contributed by atoms with E-state index in [2.05, 4.69) is 9.46 Å². The molecule has 0 spiro atoms. The molecular weight excluding hydrogens is 319 g/mol. The first-order valence-corrected chi connectivity index (χ1v) is 8.23. The molecule has 0 saturated heterocycles. The van der Waals surface area contributed by atoms with E-state index in [0.29, 0.717) is 18.4 Å². The number of nitrogens with one attached hydrogen (secondary N) is 1. The monoisotopic (exact) mass is 337 g/mol. The third-order valence-electron chi connectivity index (χ3n) is 3.80. The van der Waals surface area contributed by atoms with Gasteiger partial charge in [-0.2, -0.15) is 0 Å². The molecule has 22 heavy (non-hydrogen) atoms. The highest BCUT2D eigenvalue weighted by Crippen LogP contribution is 2.43. The Bertz CT molecular complexity index is 647. The van der Waals surface area contributed by atoms with Crippen molar-refractivity contribution in [3.8, 4) is 5.75 Å². The van der Waals surface area contributed by atoms with Crippen molar-refractivity contribution in [1.29, 1.82) is 0 Å². The maximum atomic E-state index is 12.3. The summed E-state index contributed by atoms with van der Waals surface area (Å²) in [7, 11) is -3.49. The van der Waals surface area contributed by atoms with Crippen LogP contribution in [0.3, 0.4) is 0 Å². The van der Waals surface area contributed by atoms with Crippen LogP contribution in [0.15, 0.2) is 24.3 Å². The Labute approximate surface area is 127 Å². The molecule has 0 bridgehead atoms. The average molecular weight is 337 g/mol. The van der Waals surface area contributed by atoms with Crippen LogP contribution in [0.1, 0.15) is 39.2 Å². The van der Waals surface area contributed by atoms with Crippen molar-refractivity contribution < 1.29 is 26.3 Å². The number of rotatable bonds is 5. The van der Waals surface area contributed by atoms with E-state index >= 15 is 0 Å². The van der Waals surface area contributed by atoms with Gasteiger partial charge in [0, 0.05) is 0 Å². The second kappa shape index (κ2) is 5.13. The van der Waals surface area contributed by atoms with Gasteiger partial charge in [0.05, 0.1) is 10.3 Å². The maximum absolute atomic E-state index is 12.3. The zero-order chi connectivity index (χ0) is 16.8. The first-order chi connectivity index (χ1) is 9.85. The van der Waals surface area contributed by atoms with Crippen LogP contribution in [0.5, 0.6) is 5.75 Å². The molecule has 0 aliphatic heterocycles. The summed E-state index contributed by atoms with van der Waals surface area (Å²) >= 11 is 0. The molecule has 1 aliphatic carbocycles. The summed E-state index contributed by atoms with van der Waals surface area (Å²) in [4.78, 5) is 0. The highest BCUT2D eigenvalue weighted by molar-refractivity contribution is 7.91. The third kappa shape index (κ3) is 3.73. The lowest BCUT2D eigenvalue weighted by Crippen LogP contribution is -2.45. The van der Waals surface area contributed by atoms with Crippen molar-refractivity contribution in [1.82, 2.24) is 4.72 Å². The van der Waals surface area contributed by atoms with E-state index in [0.717, 1.165) is 12.1 Å². The molecule has 1 saturated carbocycles. The van der Waals surface area contributed by atoms with Crippen LogP contribution in [-0.4, -0.2) is 19.5 Å². The number of sulfonamides is 1. The van der Waals surface area contributed by atoms with Gasteiger partial charge in [0.1, 0.15) is 5.75 Å². The predicted molar refractivity (Wildman–Crippen MR) is 75.8 cm³/mol. The molecule has 0 amide bonds. The van der Waals surface area contributed by atoms with Crippen LogP contribution in [0.25, 0.3) is 0 Å². The van der Waals surface area contributed by atoms with Gasteiger partial charge in [0.2, 0.25) is 10.0 Å². The molecule has 1 aliphatic rings. The summed E-state index contributed by atoms with van der Waals surface area (Å²) < 4.78 is 66.6. The van der Waals surface area contributed by atoms with Crippen LogP contribution < -0.4 is 9.46 Å². The molecule has 0 atom stereocenters. The smallest absolute Gasteiger partial charge is 0.406 e. The highest BCUT2D eigenvalue weighted by Gasteiger charge is 2.51. The normalized spacial score (nSPS) is 18.1. The van der Waals surface area contributed by atoms with E-state index in [-0.39, 0.29) is 5.75 Å². The largest absolute Gasteiger partial charge is 0.573 e. The predicted octanol–water partition coefficient (Wildman–Crippen LogP) is 3.29. The zero-order valence-corrected chi connectivity index (χ0v) is 13.3. The van der Waals surface area contributed by atoms with Gasteiger partial charge >= 0.3 is 6.36 Å². The van der Waals surface area contributed by atoms with E-state index in [9.17, 15) is 21.6 Å². The minimum absolute atomic E-state index is 0.343. The van der Waals surface area contributed by atoms with Crippen LogP contribution in [0.4, 0.5) is 13.2 Å². The Morgan fingerprint density at radius 3 is 2.05 bits per heavy atom. The van der Waals surface area contributed by atoms with E-state index in [1.54, 1.807) is 20.8 Å². The number of ether oxygens (including phenoxy) is 1. The van der Waals surface area contributed by atoms with E-state index < -0.39 is 26.7 Å². The average Bonchev–Trinajstić information content (AvgIpc) is 3.06. The van der Waals surface area contributed by atoms with Crippen molar-refractivity contribution in [2.75, 3.05) is 0 Å². The molecule has 0 heterocycles. The highest BCUT2D eigenvalue weighted by atomic mass is 32.2. The molecule has 1 aromatic carbocycles. The fourth-order valence-corrected chi connectivity index (χ4v) is 3.71. The molecule has 1 fully saturated rings. The van der Waals surface area contributed by atoms with Gasteiger partial charge in [0.25, 0.3) is 0 Å². The molecule has 8 heteroatoms. The lowest BCUT2D eigenvalue weighted by Gasteiger charge is -2.28. The molecule has 2 rings (SSSR count). The van der Waals surface area contributed by atoms with Gasteiger partial charge in [-0.05, 0) is 51.3 Å². The number of alkyl halides is 3. The fourth-order valence-electron chi connectivity index (χ4n) is 2.04. The molecule has 0 unspecified atom stereocenters. The second-order valence-electron chi connectivity index (χ2n) is 6.25. The zero-order valence-electron chi connectivity index (χ0n) is 12.5. The molecule has 1 N–H and O–H groups in total. The summed E-state index contributed by atoms with van der Waals surface area (Å²) in [5.74, 6) is -0.343. The van der Waals surface area contributed by atoms with E-state index in [1.807, 2.05) is 0 Å². The molecule has 124 valence electrons. The maximum Gasteiger partial charge on any atom is 0.573 e. The molecular formula is C14H18F3NO3S. The Kier molecular flexibility index (Phi) is 3.98. The molecule has 4 nitrogen and oxygen atoms in total. The van der Waals surface area contributed by atoms with Crippen molar-refractivity contribution >= 4 is 10.0 Å². The van der Waals surface area contributed by atoms with Crippen molar-refractivity contribution in [3.63, 3.8) is 0 Å². The lowest BCUT2D eigenvalue weighted by molar-refractivity contribution is -0.274. The van der Waals surface area contributed by atoms with Crippen LogP contribution in [0.2, 0.25) is 0 Å². The minimum Gasteiger partial charge on any atom is -0.406 e. The van der Waals surface area contributed by atoms with Crippen molar-refractivity contribution in [2.24, 2.45) is 0 Å². The van der Waals surface area contributed by atoms with Gasteiger partial charge in [-0.15, -0.1) is 13.2 Å². The lowest BCUT2D eigenvalue weighted by atomic mass is 9.96. The van der Waals surface area contributed by atoms with Crippen molar-refractivity contribution in [2.45, 2.75) is 50.3 Å². The van der Waals surface area contributed by atoms with Crippen molar-refractivity contribution in [3.05, 3.63) is 29.8 Å². The fraction of sp³-hybridized carbons (Fsp3) is 0.571. The Balaban J connectivity index is 2.16. The number of hydrogen-bond acceptors (Lipinski definition) is 3. The van der Waals surface area contributed by atoms with Crippen LogP contribution in [0, 0.1) is 0 Å². The molecule has 0 aromatic heterocycles. The third-order valence-corrected chi connectivity index (χ3v) is 6.29. The summed E-state index contributed by atoms with van der Waals surface area (Å²) in [5.41, 5.74) is -0.379. The van der Waals surface area contributed by atoms with Gasteiger partial charge in [-0.25, -0.2) is 13.1 Å². The summed E-state index contributed by atoms with van der Waals surface area (Å²) in [6.07, 6.45) is -3.53. The van der Waals surface area contributed by atoms with Gasteiger partial charge in [-0.3, -0.25) is 0 Å². The Morgan fingerprint density at radius 2 is 1.64 bits per heavy atom. The summed E-state index contributed by atoms with van der Waals surface area (Å²) in [6, 6.07) is 5.16. The van der Waals surface area contributed by atoms with Crippen LogP contribution in [-0.2, 0) is 15.6 Å². The van der Waals surface area contributed by atoms with Gasteiger partial charge in [0.15, 0.2) is 0 Å². The first kappa shape index (κ1) is 17.1. The summed E-state index contributed by atoms with van der Waals surface area (Å²) in [5, 5.41) is 0. The molecule has 1 aromatic rings. The second-order valence-corrected chi connectivity index (χ2v) is 8.45. The molecule has 0 radical (unpaired) electrons. The number of benzene rings is 1. The minimum atomic E-state index is -4.75. The Hall–Kier alpha value is -1.28. The van der Waals surface area contributed by atoms with Gasteiger partial charge < -0.3 is 4.74 Å². The van der Waals surface area contributed by atoms with Gasteiger partial charge in [-0.1, -0.05) is 12.1 Å². The standard InChI is InChI=1S/C14H18F3NO3S/c1-12(2,18-22(19,20)13(3)8-9-13)10-4-6-11(7-5-10)21-14(15,16)17/h4-7,18H,8-9H2,1-3H3. The van der Waals surface area contributed by atoms with E-state index in [4.69, 9.17) is 0 Å². The number of hydrogen-bond donors (Lipinski definition) is 1. The van der Waals surface area contributed by atoms with E-state index in [1.165, 1.54) is 12.1 Å². The topological polar surface area (TPSA) is 55.4 Å². The summed E-state index contributed by atoms with van der Waals surface area (Å²) in [6.45, 7) is 5.00. The quantitative estimate of drug-likeness (QED) is 0.897.